The van der Waals surface area contributed by atoms with E-state index in [0.717, 1.165) is 22.3 Å². The summed E-state index contributed by atoms with van der Waals surface area (Å²) in [6.45, 7) is 6.52. The maximum atomic E-state index is 12.6. The second-order valence-corrected chi connectivity index (χ2v) is 6.72. The largest absolute Gasteiger partial charge is 0.461 e. The summed E-state index contributed by atoms with van der Waals surface area (Å²) < 4.78 is 5.57. The summed E-state index contributed by atoms with van der Waals surface area (Å²) in [5.41, 5.74) is 1.56. The number of nitrogens with zero attached hydrogens (tertiary/aromatic N) is 1. The first-order valence-corrected chi connectivity index (χ1v) is 8.17. The number of benzene rings is 1. The van der Waals surface area contributed by atoms with Crippen molar-refractivity contribution in [1.29, 1.82) is 0 Å². The Kier molecular flexibility index (Phi) is 3.22. The van der Waals surface area contributed by atoms with Gasteiger partial charge in [-0.3, -0.25) is 9.69 Å². The number of aryl methyl sites for hydroxylation is 1. The van der Waals surface area contributed by atoms with Crippen LogP contribution in [0.2, 0.25) is 0 Å². The maximum Gasteiger partial charge on any atom is 0.251 e. The summed E-state index contributed by atoms with van der Waals surface area (Å²) in [5, 5.41) is 4.27. The van der Waals surface area contributed by atoms with E-state index in [9.17, 15) is 4.79 Å². The number of rotatable bonds is 2. The molecule has 0 unspecified atom stereocenters. The average Bonchev–Trinajstić information content (AvgIpc) is 2.90. The molecule has 3 aliphatic rings. The van der Waals surface area contributed by atoms with Crippen LogP contribution in [0.3, 0.4) is 0 Å². The lowest BCUT2D eigenvalue weighted by Gasteiger charge is -2.49. The van der Waals surface area contributed by atoms with Gasteiger partial charge in [-0.1, -0.05) is 0 Å². The van der Waals surface area contributed by atoms with Gasteiger partial charge in [0.25, 0.3) is 5.91 Å². The van der Waals surface area contributed by atoms with Gasteiger partial charge in [0, 0.05) is 23.0 Å². The quantitative estimate of drug-likeness (QED) is 0.927. The van der Waals surface area contributed by atoms with Crippen LogP contribution in [-0.2, 0) is 0 Å². The third kappa shape index (κ3) is 2.22. The van der Waals surface area contributed by atoms with Crippen LogP contribution in [0.4, 0.5) is 0 Å². The first-order chi connectivity index (χ1) is 10.6. The van der Waals surface area contributed by atoms with Gasteiger partial charge >= 0.3 is 0 Å². The Labute approximate surface area is 130 Å². The van der Waals surface area contributed by atoms with Crippen molar-refractivity contribution in [2.75, 3.05) is 13.1 Å². The van der Waals surface area contributed by atoms with Gasteiger partial charge in [0.2, 0.25) is 0 Å². The van der Waals surface area contributed by atoms with Crippen LogP contribution in [0.25, 0.3) is 11.0 Å². The van der Waals surface area contributed by atoms with E-state index < -0.39 is 0 Å². The van der Waals surface area contributed by atoms with E-state index in [4.69, 9.17) is 4.42 Å². The monoisotopic (exact) mass is 299 g/mol. The van der Waals surface area contributed by atoms with Gasteiger partial charge in [-0.05, 0) is 70.0 Å². The van der Waals surface area contributed by atoms with Gasteiger partial charge in [-0.25, -0.2) is 0 Å². The highest BCUT2D eigenvalue weighted by molar-refractivity contribution is 5.98. The zero-order chi connectivity index (χ0) is 15.3. The minimum Gasteiger partial charge on any atom is -0.461 e. The Morgan fingerprint density at radius 1 is 1.27 bits per heavy atom. The van der Waals surface area contributed by atoms with Crippen molar-refractivity contribution in [2.24, 2.45) is 5.92 Å². The lowest BCUT2D eigenvalue weighted by atomic mass is 9.79. The first kappa shape index (κ1) is 13.8. The maximum absolute atomic E-state index is 12.6. The lowest BCUT2D eigenvalue weighted by Crippen LogP contribution is -2.62. The van der Waals surface area contributed by atoms with Gasteiger partial charge in [-0.2, -0.15) is 0 Å². The van der Waals surface area contributed by atoms with Crippen molar-refractivity contribution in [2.45, 2.75) is 38.8 Å². The van der Waals surface area contributed by atoms with E-state index in [2.05, 4.69) is 17.1 Å². The molecular formula is C18H22N2O2. The van der Waals surface area contributed by atoms with Gasteiger partial charge in [0.15, 0.2) is 0 Å². The second-order valence-electron chi connectivity index (χ2n) is 6.72. The fraction of sp³-hybridized carbons (Fsp3) is 0.500. The van der Waals surface area contributed by atoms with Crippen LogP contribution in [-0.4, -0.2) is 36.0 Å². The summed E-state index contributed by atoms with van der Waals surface area (Å²) in [7, 11) is 0. The molecule has 1 amide bonds. The highest BCUT2D eigenvalue weighted by Crippen LogP contribution is 2.32. The normalized spacial score (nSPS) is 30.6. The number of carbonyl (C=O) groups excluding carboxylic acids is 1. The molecule has 3 saturated heterocycles. The average molecular weight is 299 g/mol. The van der Waals surface area contributed by atoms with Crippen molar-refractivity contribution < 1.29 is 9.21 Å². The predicted molar refractivity (Wildman–Crippen MR) is 86.0 cm³/mol. The number of nitrogens with one attached hydrogen (secondary N) is 1. The van der Waals surface area contributed by atoms with Gasteiger partial charge in [0.1, 0.15) is 11.3 Å². The van der Waals surface area contributed by atoms with Crippen LogP contribution < -0.4 is 5.32 Å². The molecule has 4 heteroatoms. The summed E-state index contributed by atoms with van der Waals surface area (Å²) in [4.78, 5) is 15.1. The zero-order valence-corrected chi connectivity index (χ0v) is 13.1. The third-order valence-electron chi connectivity index (χ3n) is 5.38. The highest BCUT2D eigenvalue weighted by atomic mass is 16.4. The van der Waals surface area contributed by atoms with Crippen LogP contribution >= 0.6 is 0 Å². The molecule has 4 nitrogen and oxygen atoms in total. The van der Waals surface area contributed by atoms with E-state index in [1.54, 1.807) is 0 Å². The van der Waals surface area contributed by atoms with Crippen LogP contribution in [0, 0.1) is 12.8 Å². The van der Waals surface area contributed by atoms with Crippen LogP contribution in [0.5, 0.6) is 0 Å². The number of furan rings is 1. The number of hydrogen-bond donors (Lipinski definition) is 1. The van der Waals surface area contributed by atoms with Crippen LogP contribution in [0.15, 0.2) is 28.7 Å². The molecule has 2 aromatic rings. The third-order valence-corrected chi connectivity index (χ3v) is 5.38. The van der Waals surface area contributed by atoms with Crippen molar-refractivity contribution >= 4 is 16.9 Å². The molecule has 5 rings (SSSR count). The molecule has 0 aliphatic carbocycles. The summed E-state index contributed by atoms with van der Waals surface area (Å²) in [6.07, 6.45) is 2.41. The summed E-state index contributed by atoms with van der Waals surface area (Å²) in [5.74, 6) is 1.54. The molecule has 0 spiro atoms. The summed E-state index contributed by atoms with van der Waals surface area (Å²) in [6, 6.07) is 8.35. The van der Waals surface area contributed by atoms with E-state index in [1.165, 1.54) is 25.9 Å². The molecule has 2 atom stereocenters. The topological polar surface area (TPSA) is 45.5 Å². The fourth-order valence-corrected chi connectivity index (χ4v) is 4.10. The minimum absolute atomic E-state index is 0.0337. The Bertz CT molecular complexity index is 711. The Morgan fingerprint density at radius 2 is 2.05 bits per heavy atom. The smallest absolute Gasteiger partial charge is 0.251 e. The molecule has 4 heterocycles. The predicted octanol–water partition coefficient (Wildman–Crippen LogP) is 2.95. The van der Waals surface area contributed by atoms with E-state index >= 15 is 0 Å². The number of amides is 1. The molecular weight excluding hydrogens is 277 g/mol. The molecule has 1 aromatic carbocycles. The Morgan fingerprint density at radius 3 is 2.77 bits per heavy atom. The summed E-state index contributed by atoms with van der Waals surface area (Å²) >= 11 is 0. The minimum atomic E-state index is 0.0337. The molecule has 22 heavy (non-hydrogen) atoms. The van der Waals surface area contributed by atoms with E-state index in [-0.39, 0.29) is 11.9 Å². The SMILES string of the molecule is C[C@H]1[C@H](NC(=O)c2ccc3o[13c](C)cc3c2)C2CCN1CC2. The van der Waals surface area contributed by atoms with Gasteiger partial charge in [0.05, 0.1) is 0 Å². The van der Waals surface area contributed by atoms with Crippen molar-refractivity contribution in [3.63, 3.8) is 0 Å². The first-order valence-electron chi connectivity index (χ1n) is 8.17. The molecule has 3 fully saturated rings. The number of fused-ring (bicyclic) bond motifs is 4. The Balaban J connectivity index is 1.55. The molecule has 0 radical (unpaired) electrons. The van der Waals surface area contributed by atoms with Crippen molar-refractivity contribution in [3.05, 3.63) is 35.6 Å². The molecule has 1 N–H and O–H groups in total. The van der Waals surface area contributed by atoms with Gasteiger partial charge < -0.3 is 9.73 Å². The molecule has 1 aromatic heterocycles. The number of hydrogen-bond acceptors (Lipinski definition) is 3. The van der Waals surface area contributed by atoms with Crippen molar-refractivity contribution in [3.8, 4) is 0 Å². The molecule has 3 aliphatic heterocycles. The number of piperidine rings is 3. The number of carbonyl (C=O) groups is 1. The standard InChI is InChI=1S/C18H22N2O2/c1-11-9-15-10-14(3-4-16(15)22-11)18(21)19-17-12(2)20-7-5-13(17)6-8-20/h3-4,9-10,12-13,17H,5-8H2,1-2H3,(H,19,21)/t12-,17-/m0/s1/i11+1. The van der Waals surface area contributed by atoms with E-state index in [1.807, 2.05) is 31.2 Å². The molecule has 116 valence electrons. The molecule has 2 bridgehead atoms. The zero-order valence-electron chi connectivity index (χ0n) is 13.1. The fourth-order valence-electron chi connectivity index (χ4n) is 4.10. The van der Waals surface area contributed by atoms with Gasteiger partial charge in [-0.15, -0.1) is 0 Å². The van der Waals surface area contributed by atoms with Crippen molar-refractivity contribution in [1.82, 2.24) is 10.2 Å². The van der Waals surface area contributed by atoms with E-state index in [0.29, 0.717) is 12.0 Å². The highest BCUT2D eigenvalue weighted by Gasteiger charge is 2.40. The lowest BCUT2D eigenvalue weighted by molar-refractivity contribution is 0.0217. The second kappa shape index (κ2) is 5.13. The van der Waals surface area contributed by atoms with Crippen LogP contribution in [0.1, 0.15) is 35.9 Å². The Hall–Kier alpha value is -1.81. The molecule has 0 saturated carbocycles.